The molecule has 2 heterocycles. The molecule has 0 aromatic carbocycles. The molecule has 0 saturated heterocycles. The van der Waals surface area contributed by atoms with Crippen LogP contribution in [0.1, 0.15) is 53.3 Å². The van der Waals surface area contributed by atoms with Crippen LogP contribution in [0, 0.1) is 6.92 Å². The van der Waals surface area contributed by atoms with Gasteiger partial charge in [0.25, 0.3) is 0 Å². The summed E-state index contributed by atoms with van der Waals surface area (Å²) < 4.78 is 0. The molecule has 1 aliphatic carbocycles. The third kappa shape index (κ3) is 4.41. The summed E-state index contributed by atoms with van der Waals surface area (Å²) in [5.74, 6) is 0.118. The van der Waals surface area contributed by atoms with E-state index in [0.717, 1.165) is 55.0 Å². The van der Waals surface area contributed by atoms with Crippen molar-refractivity contribution < 1.29 is 4.79 Å². The number of fused-ring (bicyclic) bond motifs is 1. The summed E-state index contributed by atoms with van der Waals surface area (Å²) in [6.07, 6.45) is 7.83. The Morgan fingerprint density at radius 1 is 1.35 bits per heavy atom. The third-order valence-electron chi connectivity index (χ3n) is 4.29. The van der Waals surface area contributed by atoms with Crippen molar-refractivity contribution in [1.82, 2.24) is 20.5 Å². The lowest BCUT2D eigenvalue weighted by Crippen LogP contribution is -2.25. The van der Waals surface area contributed by atoms with Gasteiger partial charge in [-0.25, -0.2) is 4.98 Å². The lowest BCUT2D eigenvalue weighted by Gasteiger charge is -2.11. The van der Waals surface area contributed by atoms with Gasteiger partial charge in [0.15, 0.2) is 0 Å². The molecule has 0 aliphatic heterocycles. The molecule has 0 bridgehead atoms. The van der Waals surface area contributed by atoms with Gasteiger partial charge < -0.3 is 5.32 Å². The summed E-state index contributed by atoms with van der Waals surface area (Å²) in [6, 6.07) is 0. The van der Waals surface area contributed by atoms with Gasteiger partial charge in [-0.3, -0.25) is 9.89 Å². The van der Waals surface area contributed by atoms with Crippen molar-refractivity contribution >= 4 is 17.2 Å². The van der Waals surface area contributed by atoms with E-state index in [1.54, 1.807) is 11.3 Å². The highest BCUT2D eigenvalue weighted by atomic mass is 32.1. The summed E-state index contributed by atoms with van der Waals surface area (Å²) in [4.78, 5) is 16.4. The van der Waals surface area contributed by atoms with Gasteiger partial charge in [-0.05, 0) is 44.6 Å². The number of hydrogen-bond acceptors (Lipinski definition) is 4. The Hall–Kier alpha value is -1.69. The number of aromatic amines is 1. The van der Waals surface area contributed by atoms with Crippen LogP contribution >= 0.6 is 11.3 Å². The summed E-state index contributed by atoms with van der Waals surface area (Å²) >= 11 is 1.69. The predicted molar refractivity (Wildman–Crippen MR) is 91.7 cm³/mol. The maximum atomic E-state index is 12.0. The normalized spacial score (nSPS) is 13.8. The van der Waals surface area contributed by atoms with Crippen LogP contribution < -0.4 is 5.32 Å². The number of aryl methyl sites for hydroxylation is 4. The molecular weight excluding hydrogens is 308 g/mol. The Kier molecular flexibility index (Phi) is 5.43. The molecule has 2 aromatic heterocycles. The zero-order valence-corrected chi connectivity index (χ0v) is 14.5. The van der Waals surface area contributed by atoms with E-state index in [4.69, 9.17) is 0 Å². The molecule has 2 aromatic rings. The van der Waals surface area contributed by atoms with Gasteiger partial charge >= 0.3 is 0 Å². The SMILES string of the molecule is Cc1csc(CCCNC(=O)CCc2n[nH]c3c2CCCC3)n1. The molecule has 6 heteroatoms. The van der Waals surface area contributed by atoms with E-state index >= 15 is 0 Å². The number of amides is 1. The van der Waals surface area contributed by atoms with Gasteiger partial charge in [0, 0.05) is 42.6 Å². The summed E-state index contributed by atoms with van der Waals surface area (Å²) in [7, 11) is 0. The largest absolute Gasteiger partial charge is 0.356 e. The van der Waals surface area contributed by atoms with Crippen LogP contribution in [0.4, 0.5) is 0 Å². The van der Waals surface area contributed by atoms with Crippen LogP contribution in [0.3, 0.4) is 0 Å². The van der Waals surface area contributed by atoms with Crippen LogP contribution in [0.25, 0.3) is 0 Å². The molecule has 2 N–H and O–H groups in total. The van der Waals surface area contributed by atoms with Crippen LogP contribution in [-0.2, 0) is 30.5 Å². The van der Waals surface area contributed by atoms with Crippen molar-refractivity contribution in [3.8, 4) is 0 Å². The number of hydrogen-bond donors (Lipinski definition) is 2. The molecule has 1 amide bonds. The molecule has 0 saturated carbocycles. The zero-order valence-electron chi connectivity index (χ0n) is 13.7. The molecule has 23 heavy (non-hydrogen) atoms. The topological polar surface area (TPSA) is 70.7 Å². The smallest absolute Gasteiger partial charge is 0.220 e. The minimum Gasteiger partial charge on any atom is -0.356 e. The molecule has 5 nitrogen and oxygen atoms in total. The minimum absolute atomic E-state index is 0.118. The maximum Gasteiger partial charge on any atom is 0.220 e. The number of aromatic nitrogens is 3. The first-order chi connectivity index (χ1) is 11.2. The van der Waals surface area contributed by atoms with Gasteiger partial charge in [0.05, 0.1) is 10.7 Å². The molecule has 0 radical (unpaired) electrons. The number of H-pyrrole nitrogens is 1. The average Bonchev–Trinajstić information content (AvgIpc) is 3.16. The third-order valence-corrected chi connectivity index (χ3v) is 5.31. The van der Waals surface area contributed by atoms with Crippen LogP contribution in [0.2, 0.25) is 0 Å². The van der Waals surface area contributed by atoms with Crippen molar-refractivity contribution in [2.24, 2.45) is 0 Å². The Morgan fingerprint density at radius 3 is 3.04 bits per heavy atom. The standard InChI is InChI=1S/C17H24N4OS/c1-12-11-23-17(19-12)7-4-10-18-16(22)9-8-15-13-5-2-3-6-14(13)20-21-15/h11H,2-10H2,1H3,(H,18,22)(H,20,21). The van der Waals surface area contributed by atoms with Gasteiger partial charge in [0.2, 0.25) is 5.91 Å². The predicted octanol–water partition coefficient (Wildman–Crippen LogP) is 2.74. The van der Waals surface area contributed by atoms with E-state index in [1.807, 2.05) is 6.92 Å². The number of carbonyl (C=O) groups is 1. The fourth-order valence-corrected chi connectivity index (χ4v) is 3.88. The summed E-state index contributed by atoms with van der Waals surface area (Å²) in [5, 5.41) is 13.8. The number of nitrogens with one attached hydrogen (secondary N) is 2. The van der Waals surface area contributed by atoms with Crippen molar-refractivity contribution in [1.29, 1.82) is 0 Å². The van der Waals surface area contributed by atoms with Crippen molar-refractivity contribution in [3.05, 3.63) is 33.0 Å². The zero-order chi connectivity index (χ0) is 16.1. The average molecular weight is 332 g/mol. The van der Waals surface area contributed by atoms with Gasteiger partial charge in [-0.15, -0.1) is 11.3 Å². The van der Waals surface area contributed by atoms with E-state index in [2.05, 4.69) is 25.9 Å². The van der Waals surface area contributed by atoms with Crippen LogP contribution in [-0.4, -0.2) is 27.6 Å². The molecule has 0 unspecified atom stereocenters. The second kappa shape index (κ2) is 7.73. The van der Waals surface area contributed by atoms with Gasteiger partial charge in [-0.2, -0.15) is 5.10 Å². The molecule has 1 aliphatic rings. The van der Waals surface area contributed by atoms with Crippen molar-refractivity contribution in [2.45, 2.75) is 58.3 Å². The quantitative estimate of drug-likeness (QED) is 0.766. The highest BCUT2D eigenvalue weighted by Gasteiger charge is 2.17. The first-order valence-electron chi connectivity index (χ1n) is 8.45. The van der Waals surface area contributed by atoms with E-state index in [1.165, 1.54) is 24.1 Å². The van der Waals surface area contributed by atoms with Gasteiger partial charge in [-0.1, -0.05) is 0 Å². The molecule has 0 spiro atoms. The Balaban J connectivity index is 1.36. The van der Waals surface area contributed by atoms with Crippen molar-refractivity contribution in [2.75, 3.05) is 6.54 Å². The second-order valence-corrected chi connectivity index (χ2v) is 7.11. The number of rotatable bonds is 7. The monoisotopic (exact) mass is 332 g/mol. The molecule has 3 rings (SSSR count). The lowest BCUT2D eigenvalue weighted by atomic mass is 9.94. The first-order valence-corrected chi connectivity index (χ1v) is 9.33. The highest BCUT2D eigenvalue weighted by molar-refractivity contribution is 7.09. The lowest BCUT2D eigenvalue weighted by molar-refractivity contribution is -0.121. The molecular formula is C17H24N4OS. The fraction of sp³-hybridized carbons (Fsp3) is 0.588. The number of carbonyl (C=O) groups excluding carboxylic acids is 1. The molecule has 0 atom stereocenters. The number of nitrogens with zero attached hydrogens (tertiary/aromatic N) is 2. The summed E-state index contributed by atoms with van der Waals surface area (Å²) in [5.41, 5.74) is 4.82. The Bertz CT molecular complexity index is 661. The van der Waals surface area contributed by atoms with E-state index in [0.29, 0.717) is 6.42 Å². The van der Waals surface area contributed by atoms with Crippen molar-refractivity contribution in [3.63, 3.8) is 0 Å². The van der Waals surface area contributed by atoms with E-state index in [9.17, 15) is 4.79 Å². The van der Waals surface area contributed by atoms with Gasteiger partial charge in [0.1, 0.15) is 0 Å². The Labute approximate surface area is 140 Å². The minimum atomic E-state index is 0.118. The summed E-state index contributed by atoms with van der Waals surface area (Å²) in [6.45, 7) is 2.73. The molecule has 0 fully saturated rings. The highest BCUT2D eigenvalue weighted by Crippen LogP contribution is 2.22. The molecule has 124 valence electrons. The van der Waals surface area contributed by atoms with Crippen LogP contribution in [0.5, 0.6) is 0 Å². The first kappa shape index (κ1) is 16.2. The second-order valence-electron chi connectivity index (χ2n) is 6.17. The fourth-order valence-electron chi connectivity index (χ4n) is 3.06. The maximum absolute atomic E-state index is 12.0. The number of thiazole rings is 1. The van der Waals surface area contributed by atoms with E-state index < -0.39 is 0 Å². The van der Waals surface area contributed by atoms with Crippen LogP contribution in [0.15, 0.2) is 5.38 Å². The van der Waals surface area contributed by atoms with E-state index in [-0.39, 0.29) is 5.91 Å². The Morgan fingerprint density at radius 2 is 2.22 bits per heavy atom.